The summed E-state index contributed by atoms with van der Waals surface area (Å²) in [5.74, 6) is 1.36. The Morgan fingerprint density at radius 3 is 2.49 bits per heavy atom. The number of hydrogen-bond donors (Lipinski definition) is 0. The molecule has 0 aromatic heterocycles. The number of carbonyl (C=O) groups excluding carboxylic acids is 1. The van der Waals surface area contributed by atoms with Gasteiger partial charge >= 0.3 is 5.97 Å². The molecule has 0 radical (unpaired) electrons. The Morgan fingerprint density at radius 2 is 1.83 bits per heavy atom. The van der Waals surface area contributed by atoms with Crippen LogP contribution in [0, 0.1) is 11.8 Å². The van der Waals surface area contributed by atoms with Gasteiger partial charge in [-0.15, -0.1) is 0 Å². The molecule has 1 aliphatic carbocycles. The van der Waals surface area contributed by atoms with E-state index in [0.29, 0.717) is 24.7 Å². The Hall–Kier alpha value is -1.65. The van der Waals surface area contributed by atoms with E-state index in [0.717, 1.165) is 38.2 Å². The molecule has 35 heavy (non-hydrogen) atoms. The van der Waals surface area contributed by atoms with Crippen LogP contribution in [-0.4, -0.2) is 32.1 Å². The van der Waals surface area contributed by atoms with Gasteiger partial charge in [-0.05, 0) is 101 Å². The SMILES string of the molecule is C=C(C)C(=O)OCC(CCC1CCC(c2ccc(CCCCC)cc2)CC1)COC1CCCCO1. The third kappa shape index (κ3) is 10.1. The Morgan fingerprint density at radius 1 is 1.06 bits per heavy atom. The quantitative estimate of drug-likeness (QED) is 0.154. The van der Waals surface area contributed by atoms with E-state index in [1.165, 1.54) is 68.9 Å². The van der Waals surface area contributed by atoms with Crippen molar-refractivity contribution < 1.29 is 19.0 Å². The summed E-state index contributed by atoms with van der Waals surface area (Å²) < 4.78 is 17.3. The van der Waals surface area contributed by atoms with Gasteiger partial charge in [-0.3, -0.25) is 0 Å². The number of rotatable bonds is 14. The molecule has 2 fully saturated rings. The highest BCUT2D eigenvalue weighted by atomic mass is 16.7. The van der Waals surface area contributed by atoms with Gasteiger partial charge in [0.15, 0.2) is 6.29 Å². The predicted molar refractivity (Wildman–Crippen MR) is 142 cm³/mol. The van der Waals surface area contributed by atoms with E-state index in [9.17, 15) is 4.79 Å². The normalized spacial score (nSPS) is 23.5. The second-order valence-corrected chi connectivity index (χ2v) is 10.9. The third-order valence-corrected chi connectivity index (χ3v) is 7.80. The van der Waals surface area contributed by atoms with E-state index in [-0.39, 0.29) is 18.2 Å². The first-order valence-electron chi connectivity index (χ1n) is 14.2. The summed E-state index contributed by atoms with van der Waals surface area (Å²) in [7, 11) is 0. The van der Waals surface area contributed by atoms with Crippen LogP contribution in [0.5, 0.6) is 0 Å². The molecular formula is C31H48O4. The minimum Gasteiger partial charge on any atom is -0.462 e. The van der Waals surface area contributed by atoms with Crippen molar-refractivity contribution in [2.45, 2.75) is 110 Å². The number of ether oxygens (including phenoxy) is 3. The molecule has 4 heteroatoms. The summed E-state index contributed by atoms with van der Waals surface area (Å²) in [5, 5.41) is 0. The second kappa shape index (κ2) is 15.5. The van der Waals surface area contributed by atoms with E-state index in [4.69, 9.17) is 14.2 Å². The summed E-state index contributed by atoms with van der Waals surface area (Å²) in [6.45, 7) is 9.43. The highest BCUT2D eigenvalue weighted by Crippen LogP contribution is 2.38. The third-order valence-electron chi connectivity index (χ3n) is 7.80. The molecule has 0 spiro atoms. The fraction of sp³-hybridized carbons (Fsp3) is 0.710. The zero-order valence-corrected chi connectivity index (χ0v) is 22.3. The minimum atomic E-state index is -0.305. The maximum atomic E-state index is 11.9. The number of unbranched alkanes of at least 4 members (excludes halogenated alkanes) is 2. The van der Waals surface area contributed by atoms with Crippen LogP contribution < -0.4 is 0 Å². The van der Waals surface area contributed by atoms with Gasteiger partial charge < -0.3 is 14.2 Å². The van der Waals surface area contributed by atoms with Gasteiger partial charge in [0.25, 0.3) is 0 Å². The van der Waals surface area contributed by atoms with Gasteiger partial charge in [0.1, 0.15) is 0 Å². The lowest BCUT2D eigenvalue weighted by molar-refractivity contribution is -0.173. The zero-order valence-electron chi connectivity index (χ0n) is 22.3. The Labute approximate surface area is 213 Å². The van der Waals surface area contributed by atoms with Crippen LogP contribution >= 0.6 is 0 Å². The molecular weight excluding hydrogens is 436 g/mol. The van der Waals surface area contributed by atoms with Crippen LogP contribution in [0.1, 0.15) is 108 Å². The lowest BCUT2D eigenvalue weighted by Crippen LogP contribution is -2.27. The van der Waals surface area contributed by atoms with Crippen molar-refractivity contribution in [1.82, 2.24) is 0 Å². The van der Waals surface area contributed by atoms with Crippen LogP contribution in [0.15, 0.2) is 36.4 Å². The fourth-order valence-electron chi connectivity index (χ4n) is 5.41. The van der Waals surface area contributed by atoms with Crippen molar-refractivity contribution in [1.29, 1.82) is 0 Å². The minimum absolute atomic E-state index is 0.100. The molecule has 1 saturated carbocycles. The molecule has 2 unspecified atom stereocenters. The van der Waals surface area contributed by atoms with Crippen LogP contribution in [0.3, 0.4) is 0 Å². The van der Waals surface area contributed by atoms with Crippen LogP contribution in [0.2, 0.25) is 0 Å². The highest BCUT2D eigenvalue weighted by molar-refractivity contribution is 5.86. The van der Waals surface area contributed by atoms with E-state index in [1.54, 1.807) is 6.92 Å². The van der Waals surface area contributed by atoms with Crippen molar-refractivity contribution in [3.05, 3.63) is 47.5 Å². The maximum Gasteiger partial charge on any atom is 0.333 e. The number of esters is 1. The van der Waals surface area contributed by atoms with E-state index < -0.39 is 0 Å². The van der Waals surface area contributed by atoms with Crippen LogP contribution in [-0.2, 0) is 25.4 Å². The number of benzene rings is 1. The molecule has 3 rings (SSSR count). The molecule has 2 aliphatic rings. The lowest BCUT2D eigenvalue weighted by atomic mass is 9.76. The summed E-state index contributed by atoms with van der Waals surface area (Å²) >= 11 is 0. The summed E-state index contributed by atoms with van der Waals surface area (Å²) in [6.07, 6.45) is 15.6. The Balaban J connectivity index is 1.41. The van der Waals surface area contributed by atoms with Gasteiger partial charge in [-0.1, -0.05) is 50.6 Å². The monoisotopic (exact) mass is 484 g/mol. The zero-order chi connectivity index (χ0) is 24.9. The number of carbonyl (C=O) groups is 1. The molecule has 0 N–H and O–H groups in total. The molecule has 196 valence electrons. The van der Waals surface area contributed by atoms with Crippen molar-refractivity contribution in [3.8, 4) is 0 Å². The first-order valence-corrected chi connectivity index (χ1v) is 14.2. The molecule has 1 aromatic carbocycles. The van der Waals surface area contributed by atoms with Crippen molar-refractivity contribution >= 4 is 5.97 Å². The summed E-state index contributed by atoms with van der Waals surface area (Å²) in [4.78, 5) is 11.9. The van der Waals surface area contributed by atoms with Crippen LogP contribution in [0.4, 0.5) is 0 Å². The number of hydrogen-bond acceptors (Lipinski definition) is 4. The van der Waals surface area contributed by atoms with Gasteiger partial charge in [-0.25, -0.2) is 4.79 Å². The summed E-state index contributed by atoms with van der Waals surface area (Å²) in [5.41, 5.74) is 3.45. The molecule has 0 amide bonds. The summed E-state index contributed by atoms with van der Waals surface area (Å²) in [6, 6.07) is 9.46. The highest BCUT2D eigenvalue weighted by Gasteiger charge is 2.24. The lowest BCUT2D eigenvalue weighted by Gasteiger charge is -2.30. The van der Waals surface area contributed by atoms with Gasteiger partial charge in [0.2, 0.25) is 0 Å². The first kappa shape index (κ1) is 27.9. The Kier molecular flexibility index (Phi) is 12.3. The molecule has 4 nitrogen and oxygen atoms in total. The Bertz CT molecular complexity index is 742. The molecule has 1 aromatic rings. The molecule has 2 atom stereocenters. The molecule has 1 heterocycles. The second-order valence-electron chi connectivity index (χ2n) is 10.9. The standard InChI is InChI=1S/C31H48O4/c1-4-5-6-9-25-13-17-28(18-14-25)29-19-15-26(16-20-29)11-12-27(23-35-31(32)24(2)3)22-34-30-10-7-8-21-33-30/h13-14,17-18,26-27,29-30H,2,4-12,15-16,19-23H2,1,3H3. The molecule has 1 aliphatic heterocycles. The fourth-order valence-corrected chi connectivity index (χ4v) is 5.41. The van der Waals surface area contributed by atoms with Crippen molar-refractivity contribution in [3.63, 3.8) is 0 Å². The first-order chi connectivity index (χ1) is 17.0. The molecule has 0 bridgehead atoms. The van der Waals surface area contributed by atoms with Gasteiger partial charge in [-0.2, -0.15) is 0 Å². The van der Waals surface area contributed by atoms with Gasteiger partial charge in [0, 0.05) is 18.1 Å². The average molecular weight is 485 g/mol. The molecule has 1 saturated heterocycles. The smallest absolute Gasteiger partial charge is 0.333 e. The van der Waals surface area contributed by atoms with E-state index in [1.807, 2.05) is 0 Å². The van der Waals surface area contributed by atoms with E-state index >= 15 is 0 Å². The van der Waals surface area contributed by atoms with Crippen molar-refractivity contribution in [2.75, 3.05) is 19.8 Å². The van der Waals surface area contributed by atoms with Gasteiger partial charge in [0.05, 0.1) is 13.2 Å². The van der Waals surface area contributed by atoms with Crippen LogP contribution in [0.25, 0.3) is 0 Å². The van der Waals surface area contributed by atoms with E-state index in [2.05, 4.69) is 37.8 Å². The topological polar surface area (TPSA) is 44.8 Å². The average Bonchev–Trinajstić information content (AvgIpc) is 2.89. The maximum absolute atomic E-state index is 11.9. The number of aryl methyl sites for hydroxylation is 1. The predicted octanol–water partition coefficient (Wildman–Crippen LogP) is 7.75. The van der Waals surface area contributed by atoms with Crippen molar-refractivity contribution in [2.24, 2.45) is 11.8 Å². The largest absolute Gasteiger partial charge is 0.462 e.